The maximum atomic E-state index is 2.80. The van der Waals surface area contributed by atoms with Gasteiger partial charge in [-0.05, 0) is 50.2 Å². The third-order valence-electron chi connectivity index (χ3n) is 5.58. The standard InChI is InChI=1S/C19H25N/c1-2-10-17(11-3-1)20-18-12-6-4-8-15(18)14-16-9-5-7-13-19(16)20/h1-3,10-11,14-15,18-19H,4-9,12-13H2. The molecule has 0 saturated heterocycles. The van der Waals surface area contributed by atoms with Crippen molar-refractivity contribution in [1.29, 1.82) is 0 Å². The SMILES string of the molecule is C1=C2CCCCC2N(c2ccccc2)C2CCCCC12. The van der Waals surface area contributed by atoms with Crippen LogP contribution in [0.25, 0.3) is 0 Å². The second-order valence-corrected chi connectivity index (χ2v) is 6.76. The van der Waals surface area contributed by atoms with E-state index >= 15 is 0 Å². The molecule has 3 unspecified atom stereocenters. The molecule has 1 aromatic rings. The zero-order chi connectivity index (χ0) is 13.4. The van der Waals surface area contributed by atoms with Crippen LogP contribution in [0.3, 0.4) is 0 Å². The highest BCUT2D eigenvalue weighted by Gasteiger charge is 2.39. The largest absolute Gasteiger partial charge is 0.361 e. The Morgan fingerprint density at radius 2 is 1.65 bits per heavy atom. The molecule has 1 aliphatic heterocycles. The van der Waals surface area contributed by atoms with Crippen molar-refractivity contribution in [2.45, 2.75) is 63.5 Å². The molecular formula is C19H25N. The van der Waals surface area contributed by atoms with Crippen LogP contribution < -0.4 is 4.90 Å². The summed E-state index contributed by atoms with van der Waals surface area (Å²) in [6, 6.07) is 12.7. The fraction of sp³-hybridized carbons (Fsp3) is 0.579. The van der Waals surface area contributed by atoms with Gasteiger partial charge in [0.15, 0.2) is 0 Å². The topological polar surface area (TPSA) is 3.24 Å². The van der Waals surface area contributed by atoms with Crippen LogP contribution in [0.4, 0.5) is 5.69 Å². The predicted molar refractivity (Wildman–Crippen MR) is 85.0 cm³/mol. The van der Waals surface area contributed by atoms with Gasteiger partial charge in [0.25, 0.3) is 0 Å². The third kappa shape index (κ3) is 2.08. The number of rotatable bonds is 1. The first-order valence-electron chi connectivity index (χ1n) is 8.47. The second-order valence-electron chi connectivity index (χ2n) is 6.76. The maximum absolute atomic E-state index is 2.80. The number of para-hydroxylation sites is 1. The minimum atomic E-state index is 0.700. The number of benzene rings is 1. The Balaban J connectivity index is 1.75. The highest BCUT2D eigenvalue weighted by atomic mass is 15.2. The Labute approximate surface area is 122 Å². The van der Waals surface area contributed by atoms with E-state index in [-0.39, 0.29) is 0 Å². The van der Waals surface area contributed by atoms with Crippen molar-refractivity contribution < 1.29 is 0 Å². The van der Waals surface area contributed by atoms with Crippen molar-refractivity contribution in [3.05, 3.63) is 42.0 Å². The molecule has 0 bridgehead atoms. The molecule has 106 valence electrons. The Morgan fingerprint density at radius 3 is 2.55 bits per heavy atom. The fourth-order valence-corrected chi connectivity index (χ4v) is 4.69. The van der Waals surface area contributed by atoms with Gasteiger partial charge in [0.1, 0.15) is 0 Å². The van der Waals surface area contributed by atoms with Gasteiger partial charge >= 0.3 is 0 Å². The monoisotopic (exact) mass is 267 g/mol. The quantitative estimate of drug-likeness (QED) is 0.652. The summed E-state index contributed by atoms with van der Waals surface area (Å²) in [7, 11) is 0. The highest BCUT2D eigenvalue weighted by Crippen LogP contribution is 2.43. The van der Waals surface area contributed by atoms with Crippen LogP contribution in [0.5, 0.6) is 0 Å². The van der Waals surface area contributed by atoms with Crippen LogP contribution in [0.2, 0.25) is 0 Å². The molecular weight excluding hydrogens is 242 g/mol. The van der Waals surface area contributed by atoms with Crippen LogP contribution >= 0.6 is 0 Å². The summed E-state index contributed by atoms with van der Waals surface area (Å²) < 4.78 is 0. The molecule has 2 aliphatic carbocycles. The van der Waals surface area contributed by atoms with Gasteiger partial charge in [-0.1, -0.05) is 49.1 Å². The van der Waals surface area contributed by atoms with Crippen molar-refractivity contribution in [1.82, 2.24) is 0 Å². The van der Waals surface area contributed by atoms with E-state index in [4.69, 9.17) is 0 Å². The van der Waals surface area contributed by atoms with Crippen molar-refractivity contribution in [2.24, 2.45) is 5.92 Å². The van der Waals surface area contributed by atoms with E-state index in [0.717, 1.165) is 12.0 Å². The van der Waals surface area contributed by atoms with Crippen LogP contribution in [-0.4, -0.2) is 12.1 Å². The molecule has 0 radical (unpaired) electrons. The molecule has 1 nitrogen and oxygen atoms in total. The first kappa shape index (κ1) is 12.5. The highest BCUT2D eigenvalue weighted by molar-refractivity contribution is 5.53. The average Bonchev–Trinajstić information content (AvgIpc) is 2.53. The number of fused-ring (bicyclic) bond motifs is 2. The zero-order valence-corrected chi connectivity index (χ0v) is 12.3. The van der Waals surface area contributed by atoms with E-state index in [2.05, 4.69) is 41.3 Å². The predicted octanol–water partition coefficient (Wildman–Crippen LogP) is 4.93. The van der Waals surface area contributed by atoms with Crippen molar-refractivity contribution in [3.63, 3.8) is 0 Å². The molecule has 1 heterocycles. The molecule has 0 aromatic heterocycles. The minimum Gasteiger partial charge on any atom is -0.361 e. The molecule has 3 aliphatic rings. The zero-order valence-electron chi connectivity index (χ0n) is 12.3. The molecule has 4 rings (SSSR count). The van der Waals surface area contributed by atoms with Gasteiger partial charge < -0.3 is 4.90 Å². The minimum absolute atomic E-state index is 0.700. The van der Waals surface area contributed by atoms with E-state index in [9.17, 15) is 0 Å². The molecule has 20 heavy (non-hydrogen) atoms. The molecule has 0 amide bonds. The number of anilines is 1. The van der Waals surface area contributed by atoms with Crippen molar-refractivity contribution >= 4 is 5.69 Å². The van der Waals surface area contributed by atoms with Gasteiger partial charge in [-0.15, -0.1) is 0 Å². The maximum Gasteiger partial charge on any atom is 0.0505 e. The van der Waals surface area contributed by atoms with Crippen LogP contribution in [-0.2, 0) is 0 Å². The third-order valence-corrected chi connectivity index (χ3v) is 5.58. The normalized spacial score (nSPS) is 33.1. The first-order valence-corrected chi connectivity index (χ1v) is 8.47. The Morgan fingerprint density at radius 1 is 0.850 bits per heavy atom. The lowest BCUT2D eigenvalue weighted by atomic mass is 9.74. The molecule has 2 saturated carbocycles. The summed E-state index contributed by atoms with van der Waals surface area (Å²) in [6.07, 6.45) is 13.8. The Bertz CT molecular complexity index is 490. The molecule has 1 aromatic carbocycles. The average molecular weight is 267 g/mol. The smallest absolute Gasteiger partial charge is 0.0505 e. The Hall–Kier alpha value is -1.24. The molecule has 1 heteroatoms. The number of nitrogens with zero attached hydrogens (tertiary/aromatic N) is 1. The summed E-state index contributed by atoms with van der Waals surface area (Å²) in [5, 5.41) is 0. The van der Waals surface area contributed by atoms with Crippen molar-refractivity contribution in [2.75, 3.05) is 4.90 Å². The van der Waals surface area contributed by atoms with Crippen LogP contribution in [0.1, 0.15) is 51.4 Å². The van der Waals surface area contributed by atoms with Gasteiger partial charge in [0, 0.05) is 11.7 Å². The van der Waals surface area contributed by atoms with E-state index < -0.39 is 0 Å². The number of hydrogen-bond acceptors (Lipinski definition) is 1. The lowest BCUT2D eigenvalue weighted by Crippen LogP contribution is -2.52. The van der Waals surface area contributed by atoms with Gasteiger partial charge in [0.2, 0.25) is 0 Å². The van der Waals surface area contributed by atoms with Crippen LogP contribution in [0, 0.1) is 5.92 Å². The van der Waals surface area contributed by atoms with E-state index in [1.54, 1.807) is 5.57 Å². The van der Waals surface area contributed by atoms with Gasteiger partial charge in [0.05, 0.1) is 6.04 Å². The summed E-state index contributed by atoms with van der Waals surface area (Å²) in [6.45, 7) is 0. The van der Waals surface area contributed by atoms with Gasteiger partial charge in [-0.3, -0.25) is 0 Å². The summed E-state index contributed by atoms with van der Waals surface area (Å²) >= 11 is 0. The number of hydrogen-bond donors (Lipinski definition) is 0. The fourth-order valence-electron chi connectivity index (χ4n) is 4.69. The first-order chi connectivity index (χ1) is 9.93. The summed E-state index contributed by atoms with van der Waals surface area (Å²) in [5.41, 5.74) is 3.21. The molecule has 0 N–H and O–H groups in total. The summed E-state index contributed by atoms with van der Waals surface area (Å²) in [5.74, 6) is 0.813. The lowest BCUT2D eigenvalue weighted by Gasteiger charge is -2.51. The van der Waals surface area contributed by atoms with E-state index in [1.165, 1.54) is 57.1 Å². The lowest BCUT2D eigenvalue weighted by molar-refractivity contribution is 0.295. The molecule has 2 fully saturated rings. The van der Waals surface area contributed by atoms with Gasteiger partial charge in [-0.25, -0.2) is 0 Å². The van der Waals surface area contributed by atoms with Crippen molar-refractivity contribution in [3.8, 4) is 0 Å². The van der Waals surface area contributed by atoms with E-state index in [1.807, 2.05) is 0 Å². The molecule has 3 atom stereocenters. The molecule has 0 spiro atoms. The van der Waals surface area contributed by atoms with Gasteiger partial charge in [-0.2, -0.15) is 0 Å². The second kappa shape index (κ2) is 5.27. The summed E-state index contributed by atoms with van der Waals surface area (Å²) in [4.78, 5) is 2.80. The van der Waals surface area contributed by atoms with E-state index in [0.29, 0.717) is 6.04 Å². The van der Waals surface area contributed by atoms with Crippen LogP contribution in [0.15, 0.2) is 42.0 Å². The Kier molecular flexibility index (Phi) is 3.29.